The number of hydrogen-bond acceptors (Lipinski definition) is 6. The molecule has 2 atom stereocenters. The van der Waals surface area contributed by atoms with Crippen LogP contribution in [0.2, 0.25) is 0 Å². The fourth-order valence-electron chi connectivity index (χ4n) is 4.13. The fourth-order valence-corrected chi connectivity index (χ4v) is 5.09. The third-order valence-corrected chi connectivity index (χ3v) is 6.65. The molecule has 10 heteroatoms. The van der Waals surface area contributed by atoms with Gasteiger partial charge in [0, 0.05) is 19.8 Å². The minimum atomic E-state index is -1.50. The van der Waals surface area contributed by atoms with Gasteiger partial charge in [0.1, 0.15) is 11.3 Å². The molecule has 2 unspecified atom stereocenters. The molecular weight excluding hydrogens is 502 g/mol. The number of carboxylic acids is 1. The van der Waals surface area contributed by atoms with E-state index in [0.717, 1.165) is 23.5 Å². The number of benzene rings is 2. The van der Waals surface area contributed by atoms with Crippen molar-refractivity contribution < 1.29 is 33.0 Å². The Kier molecular flexibility index (Phi) is 11.4. The summed E-state index contributed by atoms with van der Waals surface area (Å²) in [6.07, 6.45) is 3.97. The van der Waals surface area contributed by atoms with Crippen LogP contribution in [0.25, 0.3) is 10.2 Å². The molecule has 7 nitrogen and oxygen atoms in total. The van der Waals surface area contributed by atoms with E-state index < -0.39 is 29.1 Å². The molecule has 3 aromatic rings. The topological polar surface area (TPSA) is 97.8 Å². The van der Waals surface area contributed by atoms with Crippen LogP contribution in [-0.2, 0) is 4.74 Å². The highest BCUT2D eigenvalue weighted by molar-refractivity contribution is 7.19. The molecule has 2 aromatic carbocycles. The third kappa shape index (κ3) is 8.19. The Labute approximate surface area is 219 Å². The Bertz CT molecular complexity index is 1220. The highest BCUT2D eigenvalue weighted by Gasteiger charge is 2.22. The van der Waals surface area contributed by atoms with E-state index in [1.54, 1.807) is 26.2 Å². The van der Waals surface area contributed by atoms with Crippen LogP contribution in [0.5, 0.6) is 5.75 Å². The summed E-state index contributed by atoms with van der Waals surface area (Å²) in [5.74, 6) is -2.98. The van der Waals surface area contributed by atoms with E-state index >= 15 is 0 Å². The maximum atomic E-state index is 13.5. The maximum absolute atomic E-state index is 13.5. The van der Waals surface area contributed by atoms with Crippen LogP contribution in [0.1, 0.15) is 65.8 Å². The Morgan fingerprint density at radius 1 is 1.14 bits per heavy atom. The van der Waals surface area contributed by atoms with Gasteiger partial charge in [0.15, 0.2) is 11.6 Å². The number of nitrogens with one attached hydrogen (secondary N) is 1. The van der Waals surface area contributed by atoms with Crippen molar-refractivity contribution in [3.8, 4) is 5.75 Å². The molecular formula is C27H34F2N2O5S. The number of aromatic carboxylic acids is 1. The van der Waals surface area contributed by atoms with Gasteiger partial charge in [0.05, 0.1) is 33.6 Å². The SMILES string of the molecule is CCCC(C)CC(C)COC.COc1ccc2nc(C)sc2c1C(=O)Nc1cc(F)c(F)cc1C(=O)O. The van der Waals surface area contributed by atoms with Gasteiger partial charge in [-0.25, -0.2) is 18.6 Å². The summed E-state index contributed by atoms with van der Waals surface area (Å²) >= 11 is 1.26. The normalized spacial score (nSPS) is 12.4. The number of fused-ring (bicyclic) bond motifs is 1. The van der Waals surface area contributed by atoms with Crippen molar-refractivity contribution in [1.29, 1.82) is 0 Å². The molecule has 0 aliphatic rings. The number of amides is 1. The van der Waals surface area contributed by atoms with Crippen LogP contribution in [0.3, 0.4) is 0 Å². The van der Waals surface area contributed by atoms with Crippen LogP contribution >= 0.6 is 11.3 Å². The second-order valence-corrected chi connectivity index (χ2v) is 10.2. The van der Waals surface area contributed by atoms with E-state index in [0.29, 0.717) is 22.3 Å². The van der Waals surface area contributed by atoms with Crippen molar-refractivity contribution in [1.82, 2.24) is 4.98 Å². The number of methoxy groups -OCH3 is 2. The molecule has 0 saturated carbocycles. The van der Waals surface area contributed by atoms with E-state index in [-0.39, 0.29) is 17.0 Å². The van der Waals surface area contributed by atoms with Gasteiger partial charge < -0.3 is 19.9 Å². The van der Waals surface area contributed by atoms with Crippen LogP contribution in [0.15, 0.2) is 24.3 Å². The number of hydrogen-bond donors (Lipinski definition) is 2. The number of nitrogens with zero attached hydrogens (tertiary/aromatic N) is 1. The first kappa shape index (κ1) is 30.1. The van der Waals surface area contributed by atoms with Crippen LogP contribution in [0.4, 0.5) is 14.5 Å². The average molecular weight is 537 g/mol. The van der Waals surface area contributed by atoms with Gasteiger partial charge in [-0.3, -0.25) is 4.79 Å². The molecule has 1 amide bonds. The maximum Gasteiger partial charge on any atom is 0.337 e. The fraction of sp³-hybridized carbons (Fsp3) is 0.444. The molecule has 1 heterocycles. The molecule has 0 aliphatic heterocycles. The summed E-state index contributed by atoms with van der Waals surface area (Å²) in [7, 11) is 3.16. The Morgan fingerprint density at radius 3 is 2.41 bits per heavy atom. The second-order valence-electron chi connectivity index (χ2n) is 8.99. The lowest BCUT2D eigenvalue weighted by Crippen LogP contribution is -2.16. The summed E-state index contributed by atoms with van der Waals surface area (Å²) < 4.78 is 37.7. The minimum Gasteiger partial charge on any atom is -0.496 e. The number of rotatable bonds is 10. The minimum absolute atomic E-state index is 0.136. The summed E-state index contributed by atoms with van der Waals surface area (Å²) in [6.45, 7) is 9.52. The lowest BCUT2D eigenvalue weighted by atomic mass is 9.94. The number of aromatic nitrogens is 1. The average Bonchev–Trinajstić information content (AvgIpc) is 3.21. The Morgan fingerprint density at radius 2 is 1.81 bits per heavy atom. The third-order valence-electron chi connectivity index (χ3n) is 5.65. The zero-order chi connectivity index (χ0) is 27.7. The van der Waals surface area contributed by atoms with Gasteiger partial charge in [-0.15, -0.1) is 11.3 Å². The molecule has 202 valence electrons. The number of carbonyl (C=O) groups excluding carboxylic acids is 1. The van der Waals surface area contributed by atoms with E-state index in [1.807, 2.05) is 0 Å². The number of carboxylic acid groups (broad SMARTS) is 1. The van der Waals surface area contributed by atoms with Crippen molar-refractivity contribution in [2.45, 2.75) is 47.0 Å². The zero-order valence-electron chi connectivity index (χ0n) is 22.0. The first-order valence-corrected chi connectivity index (χ1v) is 12.8. The number of carbonyl (C=O) groups is 2. The van der Waals surface area contributed by atoms with E-state index in [2.05, 4.69) is 31.1 Å². The summed E-state index contributed by atoms with van der Waals surface area (Å²) in [6, 6.07) is 4.39. The van der Waals surface area contributed by atoms with Gasteiger partial charge in [-0.1, -0.05) is 33.6 Å². The molecule has 2 N–H and O–H groups in total. The van der Waals surface area contributed by atoms with Crippen molar-refractivity contribution in [2.75, 3.05) is 26.1 Å². The largest absolute Gasteiger partial charge is 0.496 e. The molecule has 0 spiro atoms. The predicted octanol–water partition coefficient (Wildman–Crippen LogP) is 6.94. The first-order chi connectivity index (χ1) is 17.5. The highest BCUT2D eigenvalue weighted by Crippen LogP contribution is 2.33. The summed E-state index contributed by atoms with van der Waals surface area (Å²) in [5.41, 5.74) is -0.218. The number of halogens is 2. The molecule has 0 aliphatic carbocycles. The molecule has 37 heavy (non-hydrogen) atoms. The molecule has 0 fully saturated rings. The van der Waals surface area contributed by atoms with Gasteiger partial charge >= 0.3 is 5.97 Å². The van der Waals surface area contributed by atoms with Crippen LogP contribution in [0, 0.1) is 30.4 Å². The predicted molar refractivity (Wildman–Crippen MR) is 142 cm³/mol. The van der Waals surface area contributed by atoms with E-state index in [4.69, 9.17) is 14.6 Å². The molecule has 0 bridgehead atoms. The number of anilines is 1. The van der Waals surface area contributed by atoms with Crippen molar-refractivity contribution in [3.63, 3.8) is 0 Å². The van der Waals surface area contributed by atoms with E-state index in [9.17, 15) is 18.4 Å². The van der Waals surface area contributed by atoms with E-state index in [1.165, 1.54) is 37.7 Å². The quantitative estimate of drug-likeness (QED) is 0.291. The smallest absolute Gasteiger partial charge is 0.337 e. The standard InChI is InChI=1S/C17H12F2N2O4S.C10H22O/c1-7-20-11-3-4-13(25-2)14(15(11)26-7)16(22)21-12-6-10(19)9(18)5-8(12)17(23)24;1-5-6-9(2)7-10(3)8-11-4/h3-6H,1-2H3,(H,21,22)(H,23,24);9-10H,5-8H2,1-4H3. The Hall–Kier alpha value is -3.11. The highest BCUT2D eigenvalue weighted by atomic mass is 32.1. The van der Waals surface area contributed by atoms with Gasteiger partial charge in [0.2, 0.25) is 0 Å². The lowest BCUT2D eigenvalue weighted by molar-refractivity contribution is 0.0697. The lowest BCUT2D eigenvalue weighted by Gasteiger charge is -2.15. The summed E-state index contributed by atoms with van der Waals surface area (Å²) in [5, 5.41) is 12.2. The monoisotopic (exact) mass is 536 g/mol. The van der Waals surface area contributed by atoms with Gasteiger partial charge in [0.25, 0.3) is 5.91 Å². The zero-order valence-corrected chi connectivity index (χ0v) is 22.8. The molecule has 3 rings (SSSR count). The molecule has 0 radical (unpaired) electrons. The number of thiazole rings is 1. The number of aryl methyl sites for hydroxylation is 1. The second kappa shape index (κ2) is 14.0. The first-order valence-electron chi connectivity index (χ1n) is 12.0. The van der Waals surface area contributed by atoms with Crippen LogP contribution in [-0.4, -0.2) is 42.8 Å². The van der Waals surface area contributed by atoms with Gasteiger partial charge in [-0.05, 0) is 43.4 Å². The van der Waals surface area contributed by atoms with Crippen LogP contribution < -0.4 is 10.1 Å². The van der Waals surface area contributed by atoms with Gasteiger partial charge in [-0.2, -0.15) is 0 Å². The van der Waals surface area contributed by atoms with Crippen molar-refractivity contribution >= 4 is 39.1 Å². The van der Waals surface area contributed by atoms with Crippen molar-refractivity contribution in [2.24, 2.45) is 11.8 Å². The van der Waals surface area contributed by atoms with Crippen molar-refractivity contribution in [3.05, 3.63) is 52.0 Å². The summed E-state index contributed by atoms with van der Waals surface area (Å²) in [4.78, 5) is 28.3. The molecule has 0 saturated heterocycles. The number of ether oxygens (including phenoxy) is 2. The molecule has 1 aromatic heterocycles. The Balaban J connectivity index is 0.000000371.